The number of rotatable bonds is 4. The summed E-state index contributed by atoms with van der Waals surface area (Å²) in [7, 11) is 0. The summed E-state index contributed by atoms with van der Waals surface area (Å²) in [6, 6.07) is 2.43. The van der Waals surface area contributed by atoms with Crippen LogP contribution in [0.2, 0.25) is 0 Å². The smallest absolute Gasteiger partial charge is 0.0195 e. The molecular formula is C11H22N2. The van der Waals surface area contributed by atoms with Gasteiger partial charge in [-0.05, 0) is 46.1 Å². The molecule has 2 heteroatoms. The monoisotopic (exact) mass is 182 g/mol. The molecule has 1 aliphatic carbocycles. The van der Waals surface area contributed by atoms with Gasteiger partial charge in [0.2, 0.25) is 0 Å². The Morgan fingerprint density at radius 2 is 2.08 bits per heavy atom. The van der Waals surface area contributed by atoms with E-state index < -0.39 is 0 Å². The molecule has 1 saturated carbocycles. The summed E-state index contributed by atoms with van der Waals surface area (Å²) in [4.78, 5) is 2.68. The highest BCUT2D eigenvalue weighted by Gasteiger charge is 2.32. The third kappa shape index (κ3) is 2.44. The second-order valence-corrected chi connectivity index (χ2v) is 4.81. The van der Waals surface area contributed by atoms with Crippen LogP contribution in [0.5, 0.6) is 0 Å². The van der Waals surface area contributed by atoms with Crippen molar-refractivity contribution in [3.8, 4) is 0 Å². The van der Waals surface area contributed by atoms with Gasteiger partial charge in [0.25, 0.3) is 0 Å². The molecule has 0 aromatic heterocycles. The van der Waals surface area contributed by atoms with E-state index in [0.717, 1.165) is 18.1 Å². The van der Waals surface area contributed by atoms with Crippen molar-refractivity contribution in [2.75, 3.05) is 13.1 Å². The molecule has 1 N–H and O–H groups in total. The van der Waals surface area contributed by atoms with E-state index in [1.807, 2.05) is 0 Å². The summed E-state index contributed by atoms with van der Waals surface area (Å²) >= 11 is 0. The molecule has 1 unspecified atom stereocenters. The van der Waals surface area contributed by atoms with Crippen LogP contribution in [-0.4, -0.2) is 36.1 Å². The van der Waals surface area contributed by atoms with Crippen molar-refractivity contribution < 1.29 is 0 Å². The van der Waals surface area contributed by atoms with Crippen molar-refractivity contribution in [1.29, 1.82) is 0 Å². The molecule has 13 heavy (non-hydrogen) atoms. The molecule has 1 heterocycles. The van der Waals surface area contributed by atoms with Gasteiger partial charge in [-0.15, -0.1) is 0 Å². The first kappa shape index (κ1) is 9.47. The molecule has 0 aromatic rings. The lowest BCUT2D eigenvalue weighted by atomic mass is 10.2. The van der Waals surface area contributed by atoms with Crippen LogP contribution in [0.1, 0.15) is 39.5 Å². The minimum atomic E-state index is 0.731. The molecule has 0 spiro atoms. The van der Waals surface area contributed by atoms with Gasteiger partial charge in [0.1, 0.15) is 0 Å². The van der Waals surface area contributed by atoms with Gasteiger partial charge < -0.3 is 5.32 Å². The number of hydrogen-bond donors (Lipinski definition) is 1. The summed E-state index contributed by atoms with van der Waals surface area (Å²) in [6.07, 6.45) is 5.63. The van der Waals surface area contributed by atoms with Crippen LogP contribution in [-0.2, 0) is 0 Å². The van der Waals surface area contributed by atoms with Gasteiger partial charge in [-0.3, -0.25) is 4.90 Å². The molecule has 0 bridgehead atoms. The van der Waals surface area contributed by atoms with E-state index in [1.165, 1.54) is 38.8 Å². The zero-order chi connectivity index (χ0) is 9.26. The van der Waals surface area contributed by atoms with Gasteiger partial charge in [-0.25, -0.2) is 0 Å². The van der Waals surface area contributed by atoms with Gasteiger partial charge in [0, 0.05) is 24.7 Å². The summed E-state index contributed by atoms with van der Waals surface area (Å²) in [5.74, 6) is 0. The fraction of sp³-hybridized carbons (Fsp3) is 1.00. The first-order valence-corrected chi connectivity index (χ1v) is 5.76. The van der Waals surface area contributed by atoms with Crippen LogP contribution in [0.15, 0.2) is 0 Å². The Hall–Kier alpha value is -0.0800. The highest BCUT2D eigenvalue weighted by atomic mass is 15.2. The van der Waals surface area contributed by atoms with Crippen LogP contribution in [0.25, 0.3) is 0 Å². The molecule has 1 saturated heterocycles. The Bertz CT molecular complexity index is 155. The van der Waals surface area contributed by atoms with Crippen molar-refractivity contribution in [1.82, 2.24) is 10.2 Å². The Balaban J connectivity index is 1.81. The van der Waals surface area contributed by atoms with E-state index in [9.17, 15) is 0 Å². The normalized spacial score (nSPS) is 29.1. The zero-order valence-corrected chi connectivity index (χ0v) is 8.92. The Kier molecular flexibility index (Phi) is 2.89. The summed E-state index contributed by atoms with van der Waals surface area (Å²) in [5.41, 5.74) is 0. The van der Waals surface area contributed by atoms with Gasteiger partial charge in [0.05, 0.1) is 0 Å². The van der Waals surface area contributed by atoms with Crippen LogP contribution in [0.4, 0.5) is 0 Å². The maximum Gasteiger partial charge on any atom is 0.0195 e. The molecule has 2 fully saturated rings. The Labute approximate surface area is 81.7 Å². The molecular weight excluding hydrogens is 160 g/mol. The Morgan fingerprint density at radius 3 is 2.54 bits per heavy atom. The van der Waals surface area contributed by atoms with E-state index in [0.29, 0.717) is 0 Å². The van der Waals surface area contributed by atoms with Crippen LogP contribution in [0.3, 0.4) is 0 Å². The summed E-state index contributed by atoms with van der Waals surface area (Å²) < 4.78 is 0. The highest BCUT2D eigenvalue weighted by Crippen LogP contribution is 2.29. The molecule has 0 radical (unpaired) electrons. The lowest BCUT2D eigenvalue weighted by molar-refractivity contribution is 0.193. The molecule has 0 amide bonds. The maximum absolute atomic E-state index is 3.58. The highest BCUT2D eigenvalue weighted by molar-refractivity contribution is 4.89. The number of nitrogens with one attached hydrogen (secondary N) is 1. The minimum absolute atomic E-state index is 0.731. The molecule has 2 rings (SSSR count). The summed E-state index contributed by atoms with van der Waals surface area (Å²) in [5, 5.41) is 3.58. The lowest BCUT2D eigenvalue weighted by Crippen LogP contribution is -2.42. The van der Waals surface area contributed by atoms with E-state index in [1.54, 1.807) is 0 Å². The minimum Gasteiger partial charge on any atom is -0.313 e. The third-order valence-electron chi connectivity index (χ3n) is 3.27. The average Bonchev–Trinajstić information content (AvgIpc) is 2.79. The van der Waals surface area contributed by atoms with E-state index in [2.05, 4.69) is 24.1 Å². The standard InChI is InChI=1S/C11H22N2/c1-9(2)13(11-5-6-11)8-10-4-3-7-12-10/h9-12H,3-8H2,1-2H3. The molecule has 1 aliphatic heterocycles. The van der Waals surface area contributed by atoms with E-state index >= 15 is 0 Å². The second-order valence-electron chi connectivity index (χ2n) is 4.81. The molecule has 0 aromatic carbocycles. The second kappa shape index (κ2) is 3.97. The number of nitrogens with zero attached hydrogens (tertiary/aromatic N) is 1. The number of hydrogen-bond acceptors (Lipinski definition) is 2. The van der Waals surface area contributed by atoms with Crippen molar-refractivity contribution in [2.24, 2.45) is 0 Å². The SMILES string of the molecule is CC(C)N(CC1CCCN1)C1CC1. The average molecular weight is 182 g/mol. The predicted octanol–water partition coefficient (Wildman–Crippen LogP) is 1.61. The fourth-order valence-corrected chi connectivity index (χ4v) is 2.35. The van der Waals surface area contributed by atoms with Crippen molar-refractivity contribution in [2.45, 2.75) is 57.7 Å². The van der Waals surface area contributed by atoms with Gasteiger partial charge in [-0.2, -0.15) is 0 Å². The third-order valence-corrected chi connectivity index (χ3v) is 3.27. The molecule has 2 aliphatic rings. The van der Waals surface area contributed by atoms with Crippen LogP contribution >= 0.6 is 0 Å². The largest absolute Gasteiger partial charge is 0.313 e. The van der Waals surface area contributed by atoms with E-state index in [4.69, 9.17) is 0 Å². The first-order chi connectivity index (χ1) is 6.27. The molecule has 76 valence electrons. The summed E-state index contributed by atoms with van der Waals surface area (Å²) in [6.45, 7) is 7.17. The lowest BCUT2D eigenvalue weighted by Gasteiger charge is -2.29. The predicted molar refractivity (Wildman–Crippen MR) is 55.9 cm³/mol. The Morgan fingerprint density at radius 1 is 1.31 bits per heavy atom. The van der Waals surface area contributed by atoms with Gasteiger partial charge in [-0.1, -0.05) is 0 Å². The topological polar surface area (TPSA) is 15.3 Å². The first-order valence-electron chi connectivity index (χ1n) is 5.76. The van der Waals surface area contributed by atoms with E-state index in [-0.39, 0.29) is 0 Å². The van der Waals surface area contributed by atoms with Crippen molar-refractivity contribution in [3.63, 3.8) is 0 Å². The van der Waals surface area contributed by atoms with Gasteiger partial charge >= 0.3 is 0 Å². The van der Waals surface area contributed by atoms with Crippen molar-refractivity contribution >= 4 is 0 Å². The van der Waals surface area contributed by atoms with Crippen molar-refractivity contribution in [3.05, 3.63) is 0 Å². The molecule has 1 atom stereocenters. The molecule has 2 nitrogen and oxygen atoms in total. The quantitative estimate of drug-likeness (QED) is 0.710. The van der Waals surface area contributed by atoms with Crippen LogP contribution in [0, 0.1) is 0 Å². The van der Waals surface area contributed by atoms with Gasteiger partial charge in [0.15, 0.2) is 0 Å². The van der Waals surface area contributed by atoms with Crippen LogP contribution < -0.4 is 5.32 Å². The fourth-order valence-electron chi connectivity index (χ4n) is 2.35. The maximum atomic E-state index is 3.58. The zero-order valence-electron chi connectivity index (χ0n) is 8.92.